The van der Waals surface area contributed by atoms with Gasteiger partial charge in [-0.2, -0.15) is 0 Å². The van der Waals surface area contributed by atoms with Crippen molar-refractivity contribution in [3.8, 4) is 6.07 Å². The molecule has 1 aromatic rings. The monoisotopic (exact) mass is 266 g/mol. The summed E-state index contributed by atoms with van der Waals surface area (Å²) in [7, 11) is 0. The number of nitrogens with zero attached hydrogens (tertiary/aromatic N) is 2. The molecule has 78 valence electrons. The van der Waals surface area contributed by atoms with Gasteiger partial charge in [0.25, 0.3) is 0 Å². The molecule has 1 aromatic heterocycles. The van der Waals surface area contributed by atoms with E-state index >= 15 is 0 Å². The van der Waals surface area contributed by atoms with Crippen LogP contribution in [0.5, 0.6) is 0 Å². The van der Waals surface area contributed by atoms with Crippen LogP contribution in [0.15, 0.2) is 0 Å². The predicted octanol–water partition coefficient (Wildman–Crippen LogP) is 1.52. The summed E-state index contributed by atoms with van der Waals surface area (Å²) in [6.45, 7) is 2.08. The van der Waals surface area contributed by atoms with Crippen LogP contribution in [0.25, 0.3) is 0 Å². The quantitative estimate of drug-likeness (QED) is 0.722. The van der Waals surface area contributed by atoms with Crippen molar-refractivity contribution in [3.05, 3.63) is 22.4 Å². The van der Waals surface area contributed by atoms with Gasteiger partial charge in [0.15, 0.2) is 0 Å². The van der Waals surface area contributed by atoms with Gasteiger partial charge in [-0.05, 0) is 0 Å². The summed E-state index contributed by atoms with van der Waals surface area (Å²) in [5.74, 6) is 2.13. The van der Waals surface area contributed by atoms with E-state index in [0.717, 1.165) is 23.0 Å². The molecule has 0 unspecified atom stereocenters. The number of hydrogen-bond donors (Lipinski definition) is 0. The molecule has 1 aliphatic rings. The molecule has 2 rings (SSSR count). The Balaban J connectivity index is 2.63. The first-order valence-electron chi connectivity index (χ1n) is 5.24. The first-order chi connectivity index (χ1) is 7.27. The fraction of sp³-hybridized carbons (Fsp3) is 0.500. The fourth-order valence-corrected chi connectivity index (χ4v) is 3.45. The van der Waals surface area contributed by atoms with Gasteiger partial charge in [-0.1, -0.05) is 0 Å². The second-order valence-electron chi connectivity index (χ2n) is 3.87. The van der Waals surface area contributed by atoms with Gasteiger partial charge in [-0.25, -0.2) is 0 Å². The Morgan fingerprint density at radius 3 is 2.73 bits per heavy atom. The first kappa shape index (κ1) is 10.7. The van der Waals surface area contributed by atoms with Crippen molar-refractivity contribution in [2.24, 2.45) is 0 Å². The van der Waals surface area contributed by atoms with Crippen LogP contribution < -0.4 is 4.59 Å². The van der Waals surface area contributed by atoms with Gasteiger partial charge >= 0.3 is 96.7 Å². The molecule has 0 fully saturated rings. The number of hydrogen-bond acceptors (Lipinski definition) is 2. The molecule has 15 heavy (non-hydrogen) atoms. The van der Waals surface area contributed by atoms with Crippen LogP contribution in [0.2, 0.25) is 5.82 Å². The zero-order chi connectivity index (χ0) is 10.8. The molecule has 1 aliphatic carbocycles. The van der Waals surface area contributed by atoms with E-state index < -0.39 is 0 Å². The van der Waals surface area contributed by atoms with Gasteiger partial charge in [0.2, 0.25) is 0 Å². The SMILES string of the molecule is C[Se]c1nc2c(c(C)c1C#N)CCCC2. The molecule has 0 aliphatic heterocycles. The van der Waals surface area contributed by atoms with Gasteiger partial charge in [-0.15, -0.1) is 0 Å². The summed E-state index contributed by atoms with van der Waals surface area (Å²) in [6, 6.07) is 2.32. The molecule has 0 amide bonds. The molecule has 2 nitrogen and oxygen atoms in total. The number of nitriles is 1. The third-order valence-corrected chi connectivity index (χ3v) is 4.45. The van der Waals surface area contributed by atoms with Crippen LogP contribution in [-0.2, 0) is 12.8 Å². The van der Waals surface area contributed by atoms with Crippen LogP contribution >= 0.6 is 0 Å². The minimum atomic E-state index is 0.322. The van der Waals surface area contributed by atoms with Crippen molar-refractivity contribution in [2.75, 3.05) is 0 Å². The summed E-state index contributed by atoms with van der Waals surface area (Å²) < 4.78 is 1.04. The summed E-state index contributed by atoms with van der Waals surface area (Å²) >= 11 is 0.322. The van der Waals surface area contributed by atoms with Gasteiger partial charge < -0.3 is 0 Å². The molecule has 0 bridgehead atoms. The average Bonchev–Trinajstić information content (AvgIpc) is 2.29. The Morgan fingerprint density at radius 2 is 2.07 bits per heavy atom. The van der Waals surface area contributed by atoms with Crippen molar-refractivity contribution in [1.82, 2.24) is 4.98 Å². The summed E-state index contributed by atoms with van der Waals surface area (Å²) in [6.07, 6.45) is 4.71. The van der Waals surface area contributed by atoms with E-state index in [2.05, 4.69) is 23.8 Å². The van der Waals surface area contributed by atoms with E-state index in [0.29, 0.717) is 15.0 Å². The normalized spacial score (nSPS) is 14.5. The van der Waals surface area contributed by atoms with Crippen LogP contribution in [0.4, 0.5) is 0 Å². The van der Waals surface area contributed by atoms with Gasteiger partial charge in [0.05, 0.1) is 0 Å². The van der Waals surface area contributed by atoms with Crippen molar-refractivity contribution in [1.29, 1.82) is 5.26 Å². The third kappa shape index (κ3) is 1.80. The van der Waals surface area contributed by atoms with E-state index in [9.17, 15) is 0 Å². The summed E-state index contributed by atoms with van der Waals surface area (Å²) in [4.78, 5) is 4.67. The predicted molar refractivity (Wildman–Crippen MR) is 61.6 cm³/mol. The molecule has 1 heterocycles. The Morgan fingerprint density at radius 1 is 1.33 bits per heavy atom. The molecule has 0 saturated carbocycles. The minimum absolute atomic E-state index is 0.322. The van der Waals surface area contributed by atoms with E-state index in [-0.39, 0.29) is 0 Å². The van der Waals surface area contributed by atoms with Crippen LogP contribution in [-0.4, -0.2) is 19.9 Å². The van der Waals surface area contributed by atoms with Crippen molar-refractivity contribution in [2.45, 2.75) is 38.4 Å². The Bertz CT molecular complexity index is 432. The van der Waals surface area contributed by atoms with Crippen molar-refractivity contribution in [3.63, 3.8) is 0 Å². The molecular weight excluding hydrogens is 251 g/mol. The van der Waals surface area contributed by atoms with Crippen molar-refractivity contribution < 1.29 is 0 Å². The number of aryl methyl sites for hydroxylation is 1. The van der Waals surface area contributed by atoms with Gasteiger partial charge in [-0.3, -0.25) is 0 Å². The Kier molecular flexibility index (Phi) is 3.09. The summed E-state index contributed by atoms with van der Waals surface area (Å²) in [5.41, 5.74) is 4.65. The zero-order valence-corrected chi connectivity index (χ0v) is 10.8. The van der Waals surface area contributed by atoms with Gasteiger partial charge in [0, 0.05) is 0 Å². The zero-order valence-electron chi connectivity index (χ0n) is 9.13. The van der Waals surface area contributed by atoms with Crippen LogP contribution in [0, 0.1) is 18.3 Å². The van der Waals surface area contributed by atoms with E-state index in [1.807, 2.05) is 0 Å². The molecule has 0 aromatic carbocycles. The second-order valence-corrected chi connectivity index (χ2v) is 5.53. The molecule has 0 saturated heterocycles. The fourth-order valence-electron chi connectivity index (χ4n) is 2.19. The maximum atomic E-state index is 9.15. The standard InChI is InChI=1S/C12H14N2Se/c1-8-9-5-3-4-6-11(9)14-12(15-2)10(8)7-13/h3-6H2,1-2H3. The number of fused-ring (bicyclic) bond motifs is 1. The molecule has 0 N–H and O–H groups in total. The summed E-state index contributed by atoms with van der Waals surface area (Å²) in [5, 5.41) is 9.15. The molecule has 3 heteroatoms. The van der Waals surface area contributed by atoms with E-state index in [1.165, 1.54) is 29.7 Å². The molecule has 0 atom stereocenters. The topological polar surface area (TPSA) is 36.7 Å². The Hall–Kier alpha value is -0.841. The molecule has 0 spiro atoms. The van der Waals surface area contributed by atoms with E-state index in [4.69, 9.17) is 5.26 Å². The van der Waals surface area contributed by atoms with Crippen LogP contribution in [0.3, 0.4) is 0 Å². The average molecular weight is 265 g/mol. The molecular formula is C12H14N2Se. The molecule has 0 radical (unpaired) electrons. The Labute approximate surface area is 96.9 Å². The van der Waals surface area contributed by atoms with Gasteiger partial charge in [0.1, 0.15) is 0 Å². The second kappa shape index (κ2) is 4.35. The maximum absolute atomic E-state index is 9.15. The third-order valence-electron chi connectivity index (χ3n) is 3.02. The first-order valence-corrected chi connectivity index (χ1v) is 7.81. The van der Waals surface area contributed by atoms with E-state index in [1.54, 1.807) is 0 Å². The van der Waals surface area contributed by atoms with Crippen molar-refractivity contribution >= 4 is 19.5 Å². The number of pyridine rings is 1. The van der Waals surface area contributed by atoms with Crippen LogP contribution in [0.1, 0.15) is 35.2 Å². The number of rotatable bonds is 1. The number of aromatic nitrogens is 1.